The molecule has 140 valence electrons. The van der Waals surface area contributed by atoms with Crippen LogP contribution in [0.25, 0.3) is 0 Å². The van der Waals surface area contributed by atoms with E-state index in [0.717, 1.165) is 0 Å². The molecule has 26 heavy (non-hydrogen) atoms. The Morgan fingerprint density at radius 2 is 2.08 bits per heavy atom. The number of methoxy groups -OCH3 is 1. The number of hydrogen-bond donors (Lipinski definition) is 2. The lowest BCUT2D eigenvalue weighted by atomic mass is 10.3. The van der Waals surface area contributed by atoms with Gasteiger partial charge in [-0.25, -0.2) is 9.98 Å². The molecule has 0 bridgehead atoms. The Kier molecular flexibility index (Phi) is 6.51. The van der Waals surface area contributed by atoms with Gasteiger partial charge in [-0.2, -0.15) is 13.2 Å². The number of pyridine rings is 1. The van der Waals surface area contributed by atoms with Crippen molar-refractivity contribution in [3.63, 3.8) is 0 Å². The lowest BCUT2D eigenvalue weighted by Crippen LogP contribution is -2.22. The van der Waals surface area contributed by atoms with Gasteiger partial charge in [0.2, 0.25) is 5.88 Å². The van der Waals surface area contributed by atoms with E-state index in [1.165, 1.54) is 19.4 Å². The van der Waals surface area contributed by atoms with Gasteiger partial charge in [-0.05, 0) is 23.8 Å². The van der Waals surface area contributed by atoms with Crippen molar-refractivity contribution in [1.29, 1.82) is 0 Å². The summed E-state index contributed by atoms with van der Waals surface area (Å²) in [5.41, 5.74) is 7.08. The largest absolute Gasteiger partial charge is 0.495 e. The van der Waals surface area contributed by atoms with E-state index < -0.39 is 12.8 Å². The summed E-state index contributed by atoms with van der Waals surface area (Å²) in [7, 11) is 1.51. The zero-order chi connectivity index (χ0) is 19.2. The topological polar surface area (TPSA) is 81.8 Å². The fourth-order valence-corrected chi connectivity index (χ4v) is 2.11. The smallest absolute Gasteiger partial charge is 0.422 e. The standard InChI is InChI=1S/C16H16ClF3N4O2/c1-25-13-4-3-11(6-12(13)17)24-15(21)23-8-10-2-5-14(22-7-10)26-9-16(18,19)20/h2-7H,8-9H2,1H3,(H3,21,23,24). The number of halogens is 4. The van der Waals surface area contributed by atoms with Crippen LogP contribution in [0.2, 0.25) is 5.02 Å². The van der Waals surface area contributed by atoms with Crippen LogP contribution < -0.4 is 20.5 Å². The maximum absolute atomic E-state index is 12.1. The Balaban J connectivity index is 1.91. The number of nitrogens with zero attached hydrogens (tertiary/aromatic N) is 2. The van der Waals surface area contributed by atoms with E-state index >= 15 is 0 Å². The molecule has 0 unspecified atom stereocenters. The lowest BCUT2D eigenvalue weighted by molar-refractivity contribution is -0.154. The van der Waals surface area contributed by atoms with Gasteiger partial charge in [-0.3, -0.25) is 0 Å². The Morgan fingerprint density at radius 3 is 2.65 bits per heavy atom. The van der Waals surface area contributed by atoms with Crippen LogP contribution in [0.4, 0.5) is 18.9 Å². The first-order valence-electron chi connectivity index (χ1n) is 7.32. The van der Waals surface area contributed by atoms with Crippen molar-refractivity contribution >= 4 is 23.2 Å². The van der Waals surface area contributed by atoms with Gasteiger partial charge in [-0.15, -0.1) is 0 Å². The van der Waals surface area contributed by atoms with Crippen LogP contribution in [0.15, 0.2) is 41.5 Å². The third-order valence-electron chi connectivity index (χ3n) is 3.04. The first-order chi connectivity index (χ1) is 12.3. The van der Waals surface area contributed by atoms with Crippen molar-refractivity contribution in [2.24, 2.45) is 10.7 Å². The Bertz CT molecular complexity index is 767. The fraction of sp³-hybridized carbons (Fsp3) is 0.250. The second-order valence-corrected chi connectivity index (χ2v) is 5.49. The van der Waals surface area contributed by atoms with E-state index in [0.29, 0.717) is 22.0 Å². The SMILES string of the molecule is COc1ccc(NC(N)=NCc2ccc(OCC(F)(F)F)nc2)cc1Cl. The van der Waals surface area contributed by atoms with Crippen LogP contribution in [0, 0.1) is 0 Å². The molecule has 0 fully saturated rings. The minimum atomic E-state index is -4.41. The minimum Gasteiger partial charge on any atom is -0.495 e. The Morgan fingerprint density at radius 1 is 1.31 bits per heavy atom. The van der Waals surface area contributed by atoms with Gasteiger partial charge in [0.1, 0.15) is 5.75 Å². The van der Waals surface area contributed by atoms with Gasteiger partial charge < -0.3 is 20.5 Å². The number of nitrogens with one attached hydrogen (secondary N) is 1. The highest BCUT2D eigenvalue weighted by atomic mass is 35.5. The van der Waals surface area contributed by atoms with Crippen molar-refractivity contribution in [3.8, 4) is 11.6 Å². The molecule has 10 heteroatoms. The minimum absolute atomic E-state index is 0.117. The van der Waals surface area contributed by atoms with Crippen molar-refractivity contribution < 1.29 is 22.6 Å². The molecule has 6 nitrogen and oxygen atoms in total. The molecule has 0 atom stereocenters. The molecule has 0 radical (unpaired) electrons. The number of benzene rings is 1. The zero-order valence-corrected chi connectivity index (χ0v) is 14.4. The molecule has 1 heterocycles. The van der Waals surface area contributed by atoms with Crippen molar-refractivity contribution in [2.45, 2.75) is 12.7 Å². The molecule has 2 rings (SSSR count). The molecule has 2 aromatic rings. The third-order valence-corrected chi connectivity index (χ3v) is 3.33. The van der Waals surface area contributed by atoms with Gasteiger partial charge in [0.05, 0.1) is 18.7 Å². The average Bonchev–Trinajstić information content (AvgIpc) is 2.58. The van der Waals surface area contributed by atoms with Crippen LogP contribution in [0.5, 0.6) is 11.6 Å². The van der Waals surface area contributed by atoms with E-state index in [4.69, 9.17) is 22.1 Å². The van der Waals surface area contributed by atoms with Gasteiger partial charge in [-0.1, -0.05) is 17.7 Å². The second-order valence-electron chi connectivity index (χ2n) is 5.08. The van der Waals surface area contributed by atoms with Gasteiger partial charge in [0, 0.05) is 18.0 Å². The summed E-state index contributed by atoms with van der Waals surface area (Å²) in [5.74, 6) is 0.560. The van der Waals surface area contributed by atoms with Crippen molar-refractivity contribution in [3.05, 3.63) is 47.1 Å². The number of aliphatic imine (C=N–C) groups is 1. The number of aromatic nitrogens is 1. The highest BCUT2D eigenvalue weighted by Gasteiger charge is 2.28. The maximum atomic E-state index is 12.1. The average molecular weight is 389 g/mol. The zero-order valence-electron chi connectivity index (χ0n) is 13.7. The van der Waals surface area contributed by atoms with Crippen LogP contribution >= 0.6 is 11.6 Å². The Hall–Kier alpha value is -2.68. The lowest BCUT2D eigenvalue weighted by Gasteiger charge is -2.09. The molecule has 1 aromatic carbocycles. The van der Waals surface area contributed by atoms with Crippen LogP contribution in [0.3, 0.4) is 0 Å². The summed E-state index contributed by atoms with van der Waals surface area (Å²) in [4.78, 5) is 7.92. The monoisotopic (exact) mass is 388 g/mol. The molecule has 1 aromatic heterocycles. The van der Waals surface area contributed by atoms with E-state index in [9.17, 15) is 13.2 Å². The summed E-state index contributed by atoms with van der Waals surface area (Å²) < 4.78 is 45.8. The van der Waals surface area contributed by atoms with Gasteiger partial charge >= 0.3 is 6.18 Å². The summed E-state index contributed by atoms with van der Waals surface area (Å²) in [6.45, 7) is -1.20. The molecule has 0 saturated heterocycles. The highest BCUT2D eigenvalue weighted by Crippen LogP contribution is 2.27. The molecule has 3 N–H and O–H groups in total. The second kappa shape index (κ2) is 8.61. The van der Waals surface area contributed by atoms with Gasteiger partial charge in [0.15, 0.2) is 12.6 Å². The number of guanidine groups is 1. The Labute approximate surface area is 152 Å². The number of hydrogen-bond acceptors (Lipinski definition) is 4. The quantitative estimate of drug-likeness (QED) is 0.583. The normalized spacial score (nSPS) is 12.0. The van der Waals surface area contributed by atoms with E-state index in [1.807, 2.05) is 0 Å². The molecular formula is C16H16ClF3N4O2. The van der Waals surface area contributed by atoms with Crippen LogP contribution in [-0.2, 0) is 6.54 Å². The predicted molar refractivity (Wildman–Crippen MR) is 92.7 cm³/mol. The fourth-order valence-electron chi connectivity index (χ4n) is 1.85. The first-order valence-corrected chi connectivity index (χ1v) is 7.69. The molecule has 0 amide bonds. The summed E-state index contributed by atoms with van der Waals surface area (Å²) in [6.07, 6.45) is -3.04. The summed E-state index contributed by atoms with van der Waals surface area (Å²) >= 11 is 6.02. The maximum Gasteiger partial charge on any atom is 0.422 e. The summed E-state index contributed by atoms with van der Waals surface area (Å²) in [5, 5.41) is 3.29. The molecule has 0 aliphatic rings. The van der Waals surface area contributed by atoms with E-state index in [1.54, 1.807) is 24.3 Å². The number of alkyl halides is 3. The van der Waals surface area contributed by atoms with E-state index in [2.05, 4.69) is 20.0 Å². The highest BCUT2D eigenvalue weighted by molar-refractivity contribution is 6.32. The number of ether oxygens (including phenoxy) is 2. The van der Waals surface area contributed by atoms with Crippen molar-refractivity contribution in [1.82, 2.24) is 4.98 Å². The number of anilines is 1. The molecule has 0 aliphatic carbocycles. The molecule has 0 saturated carbocycles. The molecule has 0 spiro atoms. The van der Waals surface area contributed by atoms with Crippen LogP contribution in [-0.4, -0.2) is 30.8 Å². The number of rotatable bonds is 6. The summed E-state index contributed by atoms with van der Waals surface area (Å²) in [6, 6.07) is 7.93. The van der Waals surface area contributed by atoms with Crippen molar-refractivity contribution in [2.75, 3.05) is 19.0 Å². The van der Waals surface area contributed by atoms with Crippen LogP contribution in [0.1, 0.15) is 5.56 Å². The molecular weight excluding hydrogens is 373 g/mol. The molecule has 0 aliphatic heterocycles. The third kappa shape index (κ3) is 6.32. The van der Waals surface area contributed by atoms with E-state index in [-0.39, 0.29) is 18.4 Å². The van der Waals surface area contributed by atoms with Gasteiger partial charge in [0.25, 0.3) is 0 Å². The number of nitrogens with two attached hydrogens (primary N) is 1. The predicted octanol–water partition coefficient (Wildman–Crippen LogP) is 3.61. The first kappa shape index (κ1) is 19.6.